The molecule has 0 spiro atoms. The van der Waals surface area contributed by atoms with E-state index in [0.29, 0.717) is 19.6 Å². The van der Waals surface area contributed by atoms with Crippen LogP contribution in [0.2, 0.25) is 0 Å². The fourth-order valence-corrected chi connectivity index (χ4v) is 3.25. The first kappa shape index (κ1) is 19.3. The van der Waals surface area contributed by atoms with E-state index in [0.717, 1.165) is 37.0 Å². The molecule has 5 nitrogen and oxygen atoms in total. The summed E-state index contributed by atoms with van der Waals surface area (Å²) in [6.07, 6.45) is 3.74. The van der Waals surface area contributed by atoms with E-state index < -0.39 is 0 Å². The Balaban J connectivity index is 1.72. The van der Waals surface area contributed by atoms with Crippen LogP contribution >= 0.6 is 0 Å². The molecule has 0 unspecified atom stereocenters. The Kier molecular flexibility index (Phi) is 6.85. The molecule has 0 radical (unpaired) electrons. The molecular weight excluding hydrogens is 316 g/mol. The standard InChI is InChI=1S/C20H30N2O3/c1-14-7-8-15(2)18(12-14)25-11-5-4-6-19(23)22-13-17(20(21)24)10-9-16(22)3/h7-8,12,16-17H,4-6,9-11,13H2,1-3H3,(H2,21,24)/t16-,17-/m1/s1. The van der Waals surface area contributed by atoms with Crippen LogP contribution in [-0.2, 0) is 9.59 Å². The van der Waals surface area contributed by atoms with Crippen molar-refractivity contribution in [2.75, 3.05) is 13.2 Å². The predicted molar refractivity (Wildman–Crippen MR) is 98.4 cm³/mol. The Hall–Kier alpha value is -2.04. The van der Waals surface area contributed by atoms with Gasteiger partial charge >= 0.3 is 0 Å². The number of benzene rings is 1. The highest BCUT2D eigenvalue weighted by Crippen LogP contribution is 2.23. The number of aryl methyl sites for hydroxylation is 2. The van der Waals surface area contributed by atoms with Gasteiger partial charge in [0.2, 0.25) is 11.8 Å². The molecule has 2 atom stereocenters. The van der Waals surface area contributed by atoms with Crippen molar-refractivity contribution in [3.8, 4) is 5.75 Å². The fraction of sp³-hybridized carbons (Fsp3) is 0.600. The summed E-state index contributed by atoms with van der Waals surface area (Å²) in [6.45, 7) is 7.19. The van der Waals surface area contributed by atoms with Crippen molar-refractivity contribution in [3.05, 3.63) is 29.3 Å². The van der Waals surface area contributed by atoms with Crippen LogP contribution < -0.4 is 10.5 Å². The second kappa shape index (κ2) is 8.88. The lowest BCUT2D eigenvalue weighted by Crippen LogP contribution is -2.48. The van der Waals surface area contributed by atoms with E-state index in [-0.39, 0.29) is 23.8 Å². The van der Waals surface area contributed by atoms with Crippen molar-refractivity contribution in [1.29, 1.82) is 0 Å². The molecule has 1 aliphatic heterocycles. The average molecular weight is 346 g/mol. The Labute approximate surface area is 150 Å². The third kappa shape index (κ3) is 5.48. The SMILES string of the molecule is Cc1ccc(C)c(OCCCCC(=O)N2C[C@H](C(N)=O)CC[C@H]2C)c1. The first-order chi connectivity index (χ1) is 11.9. The van der Waals surface area contributed by atoms with Crippen LogP contribution in [0.3, 0.4) is 0 Å². The van der Waals surface area contributed by atoms with Gasteiger partial charge in [0, 0.05) is 19.0 Å². The number of carbonyl (C=O) groups is 2. The lowest BCUT2D eigenvalue weighted by Gasteiger charge is -2.37. The highest BCUT2D eigenvalue weighted by Gasteiger charge is 2.31. The molecule has 1 heterocycles. The highest BCUT2D eigenvalue weighted by molar-refractivity contribution is 5.80. The van der Waals surface area contributed by atoms with Crippen LogP contribution in [-0.4, -0.2) is 35.9 Å². The van der Waals surface area contributed by atoms with Gasteiger partial charge in [-0.15, -0.1) is 0 Å². The normalized spacial score (nSPS) is 20.4. The number of primary amides is 1. The van der Waals surface area contributed by atoms with Crippen LogP contribution in [0, 0.1) is 19.8 Å². The smallest absolute Gasteiger partial charge is 0.222 e. The van der Waals surface area contributed by atoms with Crippen molar-refractivity contribution in [2.24, 2.45) is 11.7 Å². The maximum Gasteiger partial charge on any atom is 0.222 e. The monoisotopic (exact) mass is 346 g/mol. The number of amides is 2. The van der Waals surface area contributed by atoms with E-state index in [1.54, 1.807) is 0 Å². The van der Waals surface area contributed by atoms with Gasteiger partial charge in [0.15, 0.2) is 0 Å². The fourth-order valence-electron chi connectivity index (χ4n) is 3.25. The molecule has 2 amide bonds. The van der Waals surface area contributed by atoms with Crippen LogP contribution in [0.5, 0.6) is 5.75 Å². The quantitative estimate of drug-likeness (QED) is 0.772. The van der Waals surface area contributed by atoms with Gasteiger partial charge in [-0.3, -0.25) is 9.59 Å². The number of rotatable bonds is 7. The van der Waals surface area contributed by atoms with Gasteiger partial charge in [0.25, 0.3) is 0 Å². The van der Waals surface area contributed by atoms with Crippen molar-refractivity contribution >= 4 is 11.8 Å². The number of nitrogens with zero attached hydrogens (tertiary/aromatic N) is 1. The van der Waals surface area contributed by atoms with Crippen molar-refractivity contribution in [3.63, 3.8) is 0 Å². The largest absolute Gasteiger partial charge is 0.493 e. The van der Waals surface area contributed by atoms with E-state index in [1.807, 2.05) is 31.7 Å². The van der Waals surface area contributed by atoms with Gasteiger partial charge in [0.1, 0.15) is 5.75 Å². The summed E-state index contributed by atoms with van der Waals surface area (Å²) >= 11 is 0. The molecule has 0 aromatic heterocycles. The zero-order valence-electron chi connectivity index (χ0n) is 15.6. The molecule has 5 heteroatoms. The molecule has 138 valence electrons. The second-order valence-corrected chi connectivity index (χ2v) is 7.15. The number of carbonyl (C=O) groups excluding carboxylic acids is 2. The van der Waals surface area contributed by atoms with Crippen molar-refractivity contribution in [2.45, 2.75) is 58.9 Å². The van der Waals surface area contributed by atoms with Gasteiger partial charge in [-0.25, -0.2) is 0 Å². The summed E-state index contributed by atoms with van der Waals surface area (Å²) in [7, 11) is 0. The summed E-state index contributed by atoms with van der Waals surface area (Å²) in [5, 5.41) is 0. The molecule has 2 N–H and O–H groups in total. The van der Waals surface area contributed by atoms with Gasteiger partial charge in [-0.1, -0.05) is 12.1 Å². The van der Waals surface area contributed by atoms with Crippen LogP contribution in [0.4, 0.5) is 0 Å². The maximum atomic E-state index is 12.4. The van der Waals surface area contributed by atoms with Crippen molar-refractivity contribution in [1.82, 2.24) is 4.90 Å². The minimum atomic E-state index is -0.299. The summed E-state index contributed by atoms with van der Waals surface area (Å²) < 4.78 is 5.83. The van der Waals surface area contributed by atoms with Crippen LogP contribution in [0.25, 0.3) is 0 Å². The Morgan fingerprint density at radius 2 is 2.00 bits per heavy atom. The number of likely N-dealkylation sites (tertiary alicyclic amines) is 1. The van der Waals surface area contributed by atoms with E-state index in [9.17, 15) is 9.59 Å². The van der Waals surface area contributed by atoms with Crippen LogP contribution in [0.1, 0.15) is 50.2 Å². The minimum absolute atomic E-state index is 0.116. The molecule has 0 saturated carbocycles. The van der Waals surface area contributed by atoms with Crippen molar-refractivity contribution < 1.29 is 14.3 Å². The van der Waals surface area contributed by atoms with E-state index in [4.69, 9.17) is 10.5 Å². The summed E-state index contributed by atoms with van der Waals surface area (Å²) in [4.78, 5) is 25.6. The van der Waals surface area contributed by atoms with E-state index in [1.165, 1.54) is 5.56 Å². The Bertz CT molecular complexity index is 615. The zero-order valence-corrected chi connectivity index (χ0v) is 15.6. The number of piperidine rings is 1. The summed E-state index contributed by atoms with van der Waals surface area (Å²) in [6, 6.07) is 6.36. The van der Waals surface area contributed by atoms with Gasteiger partial charge in [0.05, 0.1) is 12.5 Å². The number of hydrogen-bond donors (Lipinski definition) is 1. The Morgan fingerprint density at radius 3 is 2.72 bits per heavy atom. The number of unbranched alkanes of at least 4 members (excludes halogenated alkanes) is 1. The number of ether oxygens (including phenoxy) is 1. The molecule has 1 saturated heterocycles. The topological polar surface area (TPSA) is 72.6 Å². The highest BCUT2D eigenvalue weighted by atomic mass is 16.5. The first-order valence-electron chi connectivity index (χ1n) is 9.17. The molecule has 2 rings (SSSR count). The molecule has 0 aliphatic carbocycles. The third-order valence-electron chi connectivity index (χ3n) is 4.99. The molecule has 25 heavy (non-hydrogen) atoms. The Morgan fingerprint density at radius 1 is 1.24 bits per heavy atom. The van der Waals surface area contributed by atoms with E-state index in [2.05, 4.69) is 12.1 Å². The predicted octanol–water partition coefficient (Wildman–Crippen LogP) is 2.96. The van der Waals surface area contributed by atoms with Gasteiger partial charge in [-0.2, -0.15) is 0 Å². The molecule has 1 aromatic carbocycles. The number of nitrogens with two attached hydrogens (primary N) is 1. The first-order valence-corrected chi connectivity index (χ1v) is 9.17. The molecule has 1 fully saturated rings. The minimum Gasteiger partial charge on any atom is -0.493 e. The molecule has 0 bridgehead atoms. The maximum absolute atomic E-state index is 12.4. The number of hydrogen-bond acceptors (Lipinski definition) is 3. The third-order valence-corrected chi connectivity index (χ3v) is 4.99. The van der Waals surface area contributed by atoms with E-state index >= 15 is 0 Å². The molecular formula is C20H30N2O3. The average Bonchev–Trinajstić information content (AvgIpc) is 2.57. The lowest BCUT2D eigenvalue weighted by molar-refractivity contribution is -0.137. The lowest BCUT2D eigenvalue weighted by atomic mass is 9.92. The van der Waals surface area contributed by atoms with Gasteiger partial charge < -0.3 is 15.4 Å². The molecule has 1 aromatic rings. The zero-order chi connectivity index (χ0) is 18.4. The second-order valence-electron chi connectivity index (χ2n) is 7.15. The molecule has 1 aliphatic rings. The van der Waals surface area contributed by atoms with Gasteiger partial charge in [-0.05, 0) is 63.6 Å². The van der Waals surface area contributed by atoms with Crippen LogP contribution in [0.15, 0.2) is 18.2 Å². The summed E-state index contributed by atoms with van der Waals surface area (Å²) in [5.41, 5.74) is 7.71. The summed E-state index contributed by atoms with van der Waals surface area (Å²) in [5.74, 6) is 0.532.